The van der Waals surface area contributed by atoms with Crippen LogP contribution >= 0.6 is 23.2 Å². The number of hydrogen-bond donors (Lipinski definition) is 1. The molecule has 1 N–H and O–H groups in total. The molecule has 1 amide bonds. The van der Waals surface area contributed by atoms with Crippen molar-refractivity contribution in [1.82, 2.24) is 5.32 Å². The molecule has 0 aliphatic carbocycles. The number of ether oxygens (including phenoxy) is 1. The zero-order valence-electron chi connectivity index (χ0n) is 10.9. The van der Waals surface area contributed by atoms with Crippen molar-refractivity contribution in [3.63, 3.8) is 0 Å². The Morgan fingerprint density at radius 2 is 1.90 bits per heavy atom. The van der Waals surface area contributed by atoms with Crippen molar-refractivity contribution >= 4 is 29.1 Å². The average Bonchev–Trinajstić information content (AvgIpc) is 2.45. The predicted molar refractivity (Wildman–Crippen MR) is 80.7 cm³/mol. The first-order valence-electron chi connectivity index (χ1n) is 6.18. The third-order valence-electron chi connectivity index (χ3n) is 2.66. The number of amides is 1. The molecular formula is C15H12Cl2FNO2. The topological polar surface area (TPSA) is 38.3 Å². The summed E-state index contributed by atoms with van der Waals surface area (Å²) in [4.78, 5) is 11.9. The van der Waals surface area contributed by atoms with Crippen LogP contribution < -0.4 is 10.1 Å². The second kappa shape index (κ2) is 7.29. The summed E-state index contributed by atoms with van der Waals surface area (Å²) in [5.74, 6) is -0.348. The van der Waals surface area contributed by atoms with Crippen LogP contribution in [0.1, 0.15) is 10.4 Å². The molecule has 0 aromatic heterocycles. The van der Waals surface area contributed by atoms with Crippen molar-refractivity contribution in [1.29, 1.82) is 0 Å². The fourth-order valence-electron chi connectivity index (χ4n) is 1.66. The van der Waals surface area contributed by atoms with E-state index in [2.05, 4.69) is 5.32 Å². The summed E-state index contributed by atoms with van der Waals surface area (Å²) in [7, 11) is 0. The Balaban J connectivity index is 1.82. The van der Waals surface area contributed by atoms with Crippen LogP contribution in [0.25, 0.3) is 0 Å². The second-order valence-electron chi connectivity index (χ2n) is 4.16. The highest BCUT2D eigenvalue weighted by molar-refractivity contribution is 6.33. The van der Waals surface area contributed by atoms with Gasteiger partial charge in [0.05, 0.1) is 22.2 Å². The molecule has 0 saturated carbocycles. The normalized spacial score (nSPS) is 10.2. The SMILES string of the molecule is O=C(NCCOc1ccc(F)cc1Cl)c1ccccc1Cl. The van der Waals surface area contributed by atoms with Gasteiger partial charge in [0.25, 0.3) is 5.91 Å². The highest BCUT2D eigenvalue weighted by Crippen LogP contribution is 2.24. The molecule has 6 heteroatoms. The summed E-state index contributed by atoms with van der Waals surface area (Å²) >= 11 is 11.7. The van der Waals surface area contributed by atoms with E-state index < -0.39 is 5.82 Å². The maximum absolute atomic E-state index is 12.9. The highest BCUT2D eigenvalue weighted by atomic mass is 35.5. The summed E-state index contributed by atoms with van der Waals surface area (Å²) in [6.45, 7) is 0.485. The van der Waals surface area contributed by atoms with Gasteiger partial charge in [-0.1, -0.05) is 35.3 Å². The number of nitrogens with one attached hydrogen (secondary N) is 1. The van der Waals surface area contributed by atoms with E-state index in [4.69, 9.17) is 27.9 Å². The Bertz CT molecular complexity index is 649. The van der Waals surface area contributed by atoms with E-state index >= 15 is 0 Å². The molecule has 0 radical (unpaired) electrons. The van der Waals surface area contributed by atoms with Crippen molar-refractivity contribution in [2.75, 3.05) is 13.2 Å². The molecule has 0 spiro atoms. The van der Waals surface area contributed by atoms with Crippen LogP contribution in [0.4, 0.5) is 4.39 Å². The fraction of sp³-hybridized carbons (Fsp3) is 0.133. The van der Waals surface area contributed by atoms with Gasteiger partial charge in [0, 0.05) is 0 Å². The lowest BCUT2D eigenvalue weighted by Gasteiger charge is -2.09. The minimum atomic E-state index is -0.431. The van der Waals surface area contributed by atoms with Crippen LogP contribution in [-0.2, 0) is 0 Å². The number of halogens is 3. The van der Waals surface area contributed by atoms with Gasteiger partial charge in [-0.25, -0.2) is 4.39 Å². The standard InChI is InChI=1S/C15H12Cl2FNO2/c16-12-4-2-1-3-11(12)15(20)19-7-8-21-14-6-5-10(18)9-13(14)17/h1-6,9H,7-8H2,(H,19,20). The first-order chi connectivity index (χ1) is 10.1. The molecular weight excluding hydrogens is 316 g/mol. The van der Waals surface area contributed by atoms with Gasteiger partial charge in [-0.05, 0) is 30.3 Å². The number of carbonyl (C=O) groups is 1. The van der Waals surface area contributed by atoms with Crippen LogP contribution in [0.3, 0.4) is 0 Å². The summed E-state index contributed by atoms with van der Waals surface area (Å²) in [6.07, 6.45) is 0. The third kappa shape index (κ3) is 4.34. The van der Waals surface area contributed by atoms with Crippen LogP contribution in [0.15, 0.2) is 42.5 Å². The van der Waals surface area contributed by atoms with Gasteiger partial charge in [-0.2, -0.15) is 0 Å². The Labute approximate surface area is 131 Å². The van der Waals surface area contributed by atoms with Crippen molar-refractivity contribution < 1.29 is 13.9 Å². The summed E-state index contributed by atoms with van der Waals surface area (Å²) in [6, 6.07) is 10.6. The van der Waals surface area contributed by atoms with Crippen molar-refractivity contribution in [3.05, 3.63) is 63.9 Å². The zero-order chi connectivity index (χ0) is 15.2. The van der Waals surface area contributed by atoms with Gasteiger partial charge < -0.3 is 10.1 Å². The van der Waals surface area contributed by atoms with E-state index in [1.54, 1.807) is 24.3 Å². The van der Waals surface area contributed by atoms with E-state index in [0.717, 1.165) is 0 Å². The predicted octanol–water partition coefficient (Wildman–Crippen LogP) is 3.94. The molecule has 3 nitrogen and oxygen atoms in total. The lowest BCUT2D eigenvalue weighted by atomic mass is 10.2. The van der Waals surface area contributed by atoms with Gasteiger partial charge in [-0.15, -0.1) is 0 Å². The molecule has 21 heavy (non-hydrogen) atoms. The molecule has 2 rings (SSSR count). The first kappa shape index (κ1) is 15.6. The maximum Gasteiger partial charge on any atom is 0.252 e. The van der Waals surface area contributed by atoms with Crippen molar-refractivity contribution in [2.24, 2.45) is 0 Å². The molecule has 0 aliphatic rings. The van der Waals surface area contributed by atoms with Crippen LogP contribution in [0.2, 0.25) is 10.0 Å². The Hall–Kier alpha value is -1.78. The van der Waals surface area contributed by atoms with Gasteiger partial charge in [0.1, 0.15) is 18.2 Å². The van der Waals surface area contributed by atoms with Gasteiger partial charge >= 0.3 is 0 Å². The van der Waals surface area contributed by atoms with Gasteiger partial charge in [0.15, 0.2) is 0 Å². The minimum absolute atomic E-state index is 0.187. The quantitative estimate of drug-likeness (QED) is 0.844. The Morgan fingerprint density at radius 3 is 2.62 bits per heavy atom. The third-order valence-corrected chi connectivity index (χ3v) is 3.28. The molecule has 0 aliphatic heterocycles. The van der Waals surface area contributed by atoms with Crippen molar-refractivity contribution in [2.45, 2.75) is 0 Å². The van der Waals surface area contributed by atoms with E-state index in [0.29, 0.717) is 16.3 Å². The molecule has 0 atom stereocenters. The Morgan fingerprint density at radius 1 is 1.14 bits per heavy atom. The lowest BCUT2D eigenvalue weighted by Crippen LogP contribution is -2.28. The van der Waals surface area contributed by atoms with E-state index in [1.165, 1.54) is 18.2 Å². The number of carbonyl (C=O) groups excluding carboxylic acids is 1. The van der Waals surface area contributed by atoms with Crippen molar-refractivity contribution in [3.8, 4) is 5.75 Å². The molecule has 2 aromatic carbocycles. The molecule has 0 heterocycles. The molecule has 2 aromatic rings. The summed E-state index contributed by atoms with van der Waals surface area (Å²) in [5.41, 5.74) is 0.402. The number of rotatable bonds is 5. The second-order valence-corrected chi connectivity index (χ2v) is 4.97. The molecule has 0 unspecified atom stereocenters. The smallest absolute Gasteiger partial charge is 0.252 e. The maximum atomic E-state index is 12.9. The van der Waals surface area contributed by atoms with E-state index in [-0.39, 0.29) is 24.1 Å². The number of benzene rings is 2. The molecule has 110 valence electrons. The monoisotopic (exact) mass is 327 g/mol. The number of hydrogen-bond acceptors (Lipinski definition) is 2. The lowest BCUT2D eigenvalue weighted by molar-refractivity contribution is 0.0947. The largest absolute Gasteiger partial charge is 0.490 e. The molecule has 0 fully saturated rings. The molecule has 0 bridgehead atoms. The van der Waals surface area contributed by atoms with E-state index in [1.807, 2.05) is 0 Å². The van der Waals surface area contributed by atoms with Gasteiger partial charge in [-0.3, -0.25) is 4.79 Å². The Kier molecular flexibility index (Phi) is 5.42. The zero-order valence-corrected chi connectivity index (χ0v) is 12.4. The highest BCUT2D eigenvalue weighted by Gasteiger charge is 2.09. The van der Waals surface area contributed by atoms with Crippen LogP contribution in [0, 0.1) is 5.82 Å². The van der Waals surface area contributed by atoms with E-state index in [9.17, 15) is 9.18 Å². The fourth-order valence-corrected chi connectivity index (χ4v) is 2.10. The van der Waals surface area contributed by atoms with Crippen LogP contribution in [-0.4, -0.2) is 19.1 Å². The summed E-state index contributed by atoms with van der Waals surface area (Å²) in [5, 5.41) is 3.25. The average molecular weight is 328 g/mol. The van der Waals surface area contributed by atoms with Gasteiger partial charge in [0.2, 0.25) is 0 Å². The minimum Gasteiger partial charge on any atom is -0.490 e. The van der Waals surface area contributed by atoms with Crippen LogP contribution in [0.5, 0.6) is 5.75 Å². The first-order valence-corrected chi connectivity index (χ1v) is 6.94. The molecule has 0 saturated heterocycles. The summed E-state index contributed by atoms with van der Waals surface area (Å²) < 4.78 is 18.2.